The van der Waals surface area contributed by atoms with Gasteiger partial charge in [-0.3, -0.25) is 4.79 Å². The van der Waals surface area contributed by atoms with Crippen LogP contribution in [0.3, 0.4) is 0 Å². The van der Waals surface area contributed by atoms with Gasteiger partial charge in [-0.15, -0.1) is 11.8 Å². The maximum Gasteiger partial charge on any atom is 0.147 e. The molecule has 2 aromatic carbocycles. The number of Topliss-reactive ketones (excluding diaryl/α,β-unsaturated/α-hetero) is 1. The Morgan fingerprint density at radius 3 is 2.55 bits per heavy atom. The fraction of sp³-hybridized carbons (Fsp3) is 0.133. The summed E-state index contributed by atoms with van der Waals surface area (Å²) in [5.41, 5.74) is 0.709. The second kappa shape index (κ2) is 7.11. The zero-order valence-electron chi connectivity index (χ0n) is 10.4. The topological polar surface area (TPSA) is 17.1 Å². The third kappa shape index (κ3) is 4.23. The van der Waals surface area contributed by atoms with Crippen LogP contribution in [0.2, 0.25) is 10.0 Å². The van der Waals surface area contributed by atoms with Crippen LogP contribution in [0.4, 0.5) is 4.39 Å². The first-order valence-corrected chi connectivity index (χ1v) is 7.63. The molecule has 0 heterocycles. The summed E-state index contributed by atoms with van der Waals surface area (Å²) in [6.07, 6.45) is 0.234. The van der Waals surface area contributed by atoms with Gasteiger partial charge in [0.2, 0.25) is 0 Å². The Balaban J connectivity index is 1.93. The monoisotopic (exact) mass is 328 g/mol. The first-order chi connectivity index (χ1) is 9.56. The summed E-state index contributed by atoms with van der Waals surface area (Å²) < 4.78 is 13.0. The maximum absolute atomic E-state index is 13.0. The molecule has 0 aliphatic heterocycles. The number of rotatable bonds is 5. The molecule has 0 atom stereocenters. The van der Waals surface area contributed by atoms with Crippen LogP contribution < -0.4 is 0 Å². The van der Waals surface area contributed by atoms with Crippen molar-refractivity contribution in [3.8, 4) is 0 Å². The van der Waals surface area contributed by atoms with E-state index in [1.807, 2.05) is 18.2 Å². The van der Waals surface area contributed by atoms with Gasteiger partial charge < -0.3 is 0 Å². The zero-order valence-corrected chi connectivity index (χ0v) is 12.7. The van der Waals surface area contributed by atoms with E-state index in [-0.39, 0.29) is 17.2 Å². The third-order valence-corrected chi connectivity index (χ3v) is 4.48. The molecule has 0 N–H and O–H groups in total. The lowest BCUT2D eigenvalue weighted by Crippen LogP contribution is -2.05. The molecule has 104 valence electrons. The molecule has 0 radical (unpaired) electrons. The minimum Gasteiger partial charge on any atom is -0.298 e. The maximum atomic E-state index is 13.0. The Hall–Kier alpha value is -1.03. The Morgan fingerprint density at radius 1 is 1.10 bits per heavy atom. The molecular formula is C15H11Cl2FOS. The van der Waals surface area contributed by atoms with Gasteiger partial charge in [0.25, 0.3) is 0 Å². The quantitative estimate of drug-likeness (QED) is 0.715. The minimum atomic E-state index is -0.478. The molecular weight excluding hydrogens is 318 g/mol. The zero-order chi connectivity index (χ0) is 14.5. The highest BCUT2D eigenvalue weighted by molar-refractivity contribution is 8.00. The van der Waals surface area contributed by atoms with Crippen LogP contribution >= 0.6 is 35.0 Å². The third-order valence-electron chi connectivity index (χ3n) is 2.61. The Labute approximate surface area is 131 Å². The summed E-state index contributed by atoms with van der Waals surface area (Å²) in [7, 11) is 0. The predicted octanol–water partition coefficient (Wildman–Crippen LogP) is 5.04. The lowest BCUT2D eigenvalue weighted by Gasteiger charge is -2.04. The van der Waals surface area contributed by atoms with Crippen molar-refractivity contribution >= 4 is 40.7 Å². The number of carbonyl (C=O) groups is 1. The van der Waals surface area contributed by atoms with Gasteiger partial charge >= 0.3 is 0 Å². The van der Waals surface area contributed by atoms with E-state index in [4.69, 9.17) is 23.2 Å². The first kappa shape index (κ1) is 15.4. The molecule has 0 spiro atoms. The normalized spacial score (nSPS) is 10.6. The largest absolute Gasteiger partial charge is 0.298 e. The van der Waals surface area contributed by atoms with Gasteiger partial charge in [0.15, 0.2) is 0 Å². The number of hydrogen-bond donors (Lipinski definition) is 0. The molecule has 2 aromatic rings. The second-order valence-electron chi connectivity index (χ2n) is 4.18. The molecule has 1 nitrogen and oxygen atoms in total. The van der Waals surface area contributed by atoms with Gasteiger partial charge in [-0.1, -0.05) is 41.4 Å². The van der Waals surface area contributed by atoms with Crippen molar-refractivity contribution in [3.63, 3.8) is 0 Å². The van der Waals surface area contributed by atoms with Crippen LogP contribution in [0.15, 0.2) is 47.4 Å². The van der Waals surface area contributed by atoms with E-state index in [2.05, 4.69) is 0 Å². The molecule has 0 unspecified atom stereocenters. The van der Waals surface area contributed by atoms with Gasteiger partial charge in [0, 0.05) is 11.3 Å². The number of thioether (sulfide) groups is 1. The van der Waals surface area contributed by atoms with Crippen molar-refractivity contribution in [1.29, 1.82) is 0 Å². The van der Waals surface area contributed by atoms with E-state index in [9.17, 15) is 9.18 Å². The lowest BCUT2D eigenvalue weighted by molar-refractivity contribution is -0.116. The number of benzene rings is 2. The van der Waals surface area contributed by atoms with Crippen molar-refractivity contribution in [2.75, 3.05) is 5.75 Å². The van der Waals surface area contributed by atoms with E-state index >= 15 is 0 Å². The van der Waals surface area contributed by atoms with E-state index < -0.39 is 5.82 Å². The van der Waals surface area contributed by atoms with Gasteiger partial charge in [0.1, 0.15) is 11.6 Å². The highest BCUT2D eigenvalue weighted by Gasteiger charge is 2.08. The number of halogens is 3. The van der Waals surface area contributed by atoms with Crippen LogP contribution in [0, 0.1) is 5.82 Å². The van der Waals surface area contributed by atoms with Crippen molar-refractivity contribution in [2.24, 2.45) is 0 Å². The summed E-state index contributed by atoms with van der Waals surface area (Å²) in [6.45, 7) is 0. The molecule has 5 heteroatoms. The molecule has 0 saturated carbocycles. The summed E-state index contributed by atoms with van der Waals surface area (Å²) in [5.74, 6) is -0.121. The van der Waals surface area contributed by atoms with Crippen LogP contribution in [0.1, 0.15) is 5.56 Å². The molecule has 0 saturated heterocycles. The smallest absolute Gasteiger partial charge is 0.147 e. The van der Waals surface area contributed by atoms with Crippen LogP contribution in [-0.2, 0) is 11.2 Å². The fourth-order valence-electron chi connectivity index (χ4n) is 1.65. The lowest BCUT2D eigenvalue weighted by atomic mass is 10.1. The van der Waals surface area contributed by atoms with Gasteiger partial charge in [-0.05, 0) is 29.8 Å². The molecule has 20 heavy (non-hydrogen) atoms. The highest BCUT2D eigenvalue weighted by Crippen LogP contribution is 2.26. The first-order valence-electron chi connectivity index (χ1n) is 5.89. The Bertz CT molecular complexity index is 631. The summed E-state index contributed by atoms with van der Waals surface area (Å²) in [6, 6.07) is 11.7. The van der Waals surface area contributed by atoms with E-state index in [1.54, 1.807) is 12.1 Å². The molecule has 0 aliphatic carbocycles. The molecule has 0 bridgehead atoms. The van der Waals surface area contributed by atoms with Crippen molar-refractivity contribution in [3.05, 3.63) is 63.9 Å². The van der Waals surface area contributed by atoms with Crippen LogP contribution in [0.5, 0.6) is 0 Å². The summed E-state index contributed by atoms with van der Waals surface area (Å²) in [4.78, 5) is 12.8. The van der Waals surface area contributed by atoms with Crippen molar-refractivity contribution < 1.29 is 9.18 Å². The fourth-order valence-corrected chi connectivity index (χ4v) is 2.95. The number of hydrogen-bond acceptors (Lipinski definition) is 2. The van der Waals surface area contributed by atoms with Crippen molar-refractivity contribution in [1.82, 2.24) is 0 Å². The second-order valence-corrected chi connectivity index (χ2v) is 6.01. The van der Waals surface area contributed by atoms with Crippen LogP contribution in [0.25, 0.3) is 0 Å². The van der Waals surface area contributed by atoms with E-state index in [0.29, 0.717) is 16.3 Å². The Morgan fingerprint density at radius 2 is 1.85 bits per heavy atom. The summed E-state index contributed by atoms with van der Waals surface area (Å²) >= 11 is 13.1. The molecule has 0 fully saturated rings. The predicted molar refractivity (Wildman–Crippen MR) is 82.3 cm³/mol. The number of carbonyl (C=O) groups excluding carboxylic acids is 1. The van der Waals surface area contributed by atoms with E-state index in [1.165, 1.54) is 23.9 Å². The average Bonchev–Trinajstić information content (AvgIpc) is 2.42. The van der Waals surface area contributed by atoms with Crippen molar-refractivity contribution in [2.45, 2.75) is 11.3 Å². The molecule has 0 amide bonds. The van der Waals surface area contributed by atoms with Gasteiger partial charge in [-0.25, -0.2) is 4.39 Å². The highest BCUT2D eigenvalue weighted by atomic mass is 35.5. The summed E-state index contributed by atoms with van der Waals surface area (Å²) in [5, 5.41) is 0.671. The molecule has 0 aliphatic rings. The average molecular weight is 329 g/mol. The van der Waals surface area contributed by atoms with Crippen LogP contribution in [-0.4, -0.2) is 11.5 Å². The Kier molecular flexibility index (Phi) is 5.46. The standard InChI is InChI=1S/C15H11Cl2FOS/c16-12-3-1-2-4-15(12)20-9-11(19)7-10-5-6-14(18)13(17)8-10/h1-6,8H,7,9H2. The molecule has 0 aromatic heterocycles. The number of ketones is 1. The SMILES string of the molecule is O=C(CSc1ccccc1Cl)Cc1ccc(F)c(Cl)c1. The van der Waals surface area contributed by atoms with Gasteiger partial charge in [0.05, 0.1) is 15.8 Å². The minimum absolute atomic E-state index is 0.0362. The van der Waals surface area contributed by atoms with Gasteiger partial charge in [-0.2, -0.15) is 0 Å². The van der Waals surface area contributed by atoms with E-state index in [0.717, 1.165) is 4.90 Å². The molecule has 2 rings (SSSR count).